The lowest BCUT2D eigenvalue weighted by Gasteiger charge is -1.96. The van der Waals surface area contributed by atoms with Crippen molar-refractivity contribution in [2.75, 3.05) is 13.1 Å². The molecule has 0 saturated heterocycles. The highest BCUT2D eigenvalue weighted by atomic mass is 16.5. The van der Waals surface area contributed by atoms with Crippen LogP contribution < -0.4 is 0 Å². The van der Waals surface area contributed by atoms with Gasteiger partial charge in [0, 0.05) is 0 Å². The molecule has 0 unspecified atom stereocenters. The maximum Gasteiger partial charge on any atom is 0.100 e. The van der Waals surface area contributed by atoms with Crippen LogP contribution in [0.3, 0.4) is 0 Å². The lowest BCUT2D eigenvalue weighted by atomic mass is 11.0. The summed E-state index contributed by atoms with van der Waals surface area (Å²) in [4.78, 5) is 0. The Morgan fingerprint density at radius 2 is 2.17 bits per heavy atom. The number of hydrogen-bond donors (Lipinski definition) is 3. The summed E-state index contributed by atoms with van der Waals surface area (Å²) >= 11 is 0. The van der Waals surface area contributed by atoms with E-state index in [0.717, 1.165) is 0 Å². The van der Waals surface area contributed by atoms with Crippen molar-refractivity contribution in [2.24, 2.45) is 0 Å². The molecule has 3 nitrogen and oxygen atoms in total. The Balaban J connectivity index is 3.88. The van der Waals surface area contributed by atoms with Gasteiger partial charge in [0.25, 0.3) is 0 Å². The molecule has 0 aliphatic rings. The molecule has 0 aromatic carbocycles. The van der Waals surface area contributed by atoms with Crippen molar-refractivity contribution in [3.8, 4) is 0 Å². The number of aliphatic hydroxyl groups excluding tert-OH is 2. The predicted molar refractivity (Wildman–Crippen MR) is 20.2 cm³/mol. The van der Waals surface area contributed by atoms with Crippen LogP contribution in [-0.2, 0) is 0 Å². The Bertz CT molecular complexity index is 88.8. The van der Waals surface area contributed by atoms with Crippen LogP contribution in [0.25, 0.3) is 0 Å². The maximum atomic E-state index is 8.40. The van der Waals surface area contributed by atoms with Crippen LogP contribution in [0.15, 0.2) is 0 Å². The van der Waals surface area contributed by atoms with E-state index in [2.05, 4.69) is 0 Å². The summed E-state index contributed by atoms with van der Waals surface area (Å²) in [5, 5.41) is 24.8. The quantitative estimate of drug-likeness (QED) is 0.361. The van der Waals surface area contributed by atoms with Gasteiger partial charge in [-0.25, -0.2) is 0 Å². The molecule has 3 N–H and O–H groups in total. The molecular formula is C3H8O3. The fourth-order valence-electron chi connectivity index (χ4n) is 0.0333. The van der Waals surface area contributed by atoms with E-state index in [-0.39, 0.29) is 0 Å². The highest BCUT2D eigenvalue weighted by Gasteiger charge is 1.93. The van der Waals surface area contributed by atoms with Crippen molar-refractivity contribution >= 4 is 0 Å². The van der Waals surface area contributed by atoms with Gasteiger partial charge in [0.1, 0.15) is 6.10 Å². The lowest BCUT2D eigenvalue weighted by Crippen LogP contribution is -2.15. The summed E-state index contributed by atoms with van der Waals surface area (Å²) in [7, 11) is 0. The fraction of sp³-hybridized carbons (Fsp3) is 1.00. The van der Waals surface area contributed by atoms with E-state index in [1.807, 2.05) is 0 Å². The van der Waals surface area contributed by atoms with Gasteiger partial charge in [-0.3, -0.25) is 0 Å². The van der Waals surface area contributed by atoms with Gasteiger partial charge < -0.3 is 15.3 Å². The molecule has 0 aliphatic heterocycles. The van der Waals surface area contributed by atoms with E-state index in [1.165, 1.54) is 0 Å². The van der Waals surface area contributed by atoms with Gasteiger partial charge in [0.05, 0.1) is 17.3 Å². The summed E-state index contributed by atoms with van der Waals surface area (Å²) in [6.07, 6.45) is -2.07. The molecule has 0 aromatic rings. The van der Waals surface area contributed by atoms with Crippen molar-refractivity contribution in [3.63, 3.8) is 0 Å². The normalized spacial score (nSPS) is 29.5. The first-order valence-electron chi connectivity index (χ1n) is 2.94. The minimum atomic E-state index is -2.90. The van der Waals surface area contributed by atoms with Gasteiger partial charge in [-0.2, -0.15) is 0 Å². The standard InChI is InChI=1S/C3H8O3/c4-1-3(6)2-5/h3-6H,1-2H2/i1D2,2+1D,3+1/t2-,3-/m1/s1. The van der Waals surface area contributed by atoms with Crippen LogP contribution >= 0.6 is 0 Å². The zero-order valence-electron chi connectivity index (χ0n) is 6.00. The summed E-state index contributed by atoms with van der Waals surface area (Å²) < 4.78 is 19.1. The molecule has 0 fully saturated rings. The number of aliphatic hydroxyl groups is 3. The molecule has 0 saturated carbocycles. The van der Waals surface area contributed by atoms with Gasteiger partial charge in [-0.05, 0) is 0 Å². The van der Waals surface area contributed by atoms with Crippen molar-refractivity contribution in [2.45, 2.75) is 6.10 Å². The van der Waals surface area contributed by atoms with Crippen molar-refractivity contribution in [1.82, 2.24) is 0 Å². The first-order valence-corrected chi connectivity index (χ1v) is 1.36. The Morgan fingerprint density at radius 1 is 1.67 bits per heavy atom. The highest BCUT2D eigenvalue weighted by Crippen LogP contribution is 1.71. The lowest BCUT2D eigenvalue weighted by molar-refractivity contribution is 0.0450. The highest BCUT2D eigenvalue weighted by molar-refractivity contribution is 4.43. The van der Waals surface area contributed by atoms with E-state index >= 15 is 0 Å². The van der Waals surface area contributed by atoms with E-state index < -0.39 is 19.2 Å². The molecule has 0 aliphatic carbocycles. The van der Waals surface area contributed by atoms with Crippen LogP contribution in [0.1, 0.15) is 4.11 Å². The maximum absolute atomic E-state index is 8.40. The minimum Gasteiger partial charge on any atom is -0.394 e. The topological polar surface area (TPSA) is 60.7 Å². The van der Waals surface area contributed by atoms with Gasteiger partial charge in [-0.15, -0.1) is 0 Å². The molecule has 0 bridgehead atoms. The molecule has 3 heteroatoms. The van der Waals surface area contributed by atoms with Gasteiger partial charge in [0.2, 0.25) is 0 Å². The SMILES string of the molecule is [2H][13C@@H](O)[13C@H](O)C([2H])([2H])O. The van der Waals surface area contributed by atoms with E-state index in [9.17, 15) is 0 Å². The second kappa shape index (κ2) is 3.08. The molecule has 6 heavy (non-hydrogen) atoms. The van der Waals surface area contributed by atoms with Crippen molar-refractivity contribution < 1.29 is 19.4 Å². The second-order valence-electron chi connectivity index (χ2n) is 0.723. The smallest absolute Gasteiger partial charge is 0.100 e. The Kier molecular flexibility index (Phi) is 1.16. The van der Waals surface area contributed by atoms with Crippen LogP contribution in [0.4, 0.5) is 0 Å². The van der Waals surface area contributed by atoms with Crippen molar-refractivity contribution in [1.29, 1.82) is 0 Å². The fourth-order valence-corrected chi connectivity index (χ4v) is 0.0333. The molecule has 0 heterocycles. The molecule has 0 aromatic heterocycles. The third-order valence-electron chi connectivity index (χ3n) is 0.273. The monoisotopic (exact) mass is 97.1 g/mol. The molecule has 0 spiro atoms. The van der Waals surface area contributed by atoms with Gasteiger partial charge in [-0.1, -0.05) is 0 Å². The molecule has 0 radical (unpaired) electrons. The van der Waals surface area contributed by atoms with Crippen LogP contribution in [0, 0.1) is 0 Å². The predicted octanol–water partition coefficient (Wildman–Crippen LogP) is -1.67. The van der Waals surface area contributed by atoms with Crippen LogP contribution in [0.5, 0.6) is 0 Å². The first kappa shape index (κ1) is 2.26. The Labute approximate surface area is 40.1 Å². The van der Waals surface area contributed by atoms with Crippen LogP contribution in [0.2, 0.25) is 0 Å². The van der Waals surface area contributed by atoms with Crippen molar-refractivity contribution in [3.05, 3.63) is 0 Å². The summed E-state index contributed by atoms with van der Waals surface area (Å²) in [5.41, 5.74) is 0. The first-order chi connectivity index (χ1) is 3.85. The van der Waals surface area contributed by atoms with E-state index in [0.29, 0.717) is 0 Å². The molecule has 38 valence electrons. The molecule has 0 rings (SSSR count). The molecule has 0 amide bonds. The Morgan fingerprint density at radius 3 is 2.17 bits per heavy atom. The zero-order valence-corrected chi connectivity index (χ0v) is 3.00. The van der Waals surface area contributed by atoms with E-state index in [4.69, 9.17) is 19.4 Å². The summed E-state index contributed by atoms with van der Waals surface area (Å²) in [6.45, 7) is -4.91. The largest absolute Gasteiger partial charge is 0.394 e. The number of rotatable bonds is 2. The average Bonchev–Trinajstić information content (AvgIpc) is 1.62. The molecular weight excluding hydrogens is 86.0 g/mol. The summed E-state index contributed by atoms with van der Waals surface area (Å²) in [5.74, 6) is 0. The van der Waals surface area contributed by atoms with Gasteiger partial charge >= 0.3 is 0 Å². The molecule has 2 atom stereocenters. The third kappa shape index (κ3) is 2.14. The van der Waals surface area contributed by atoms with Gasteiger partial charge in [0.15, 0.2) is 0 Å². The zero-order chi connectivity index (χ0) is 7.65. The Hall–Kier alpha value is -0.120. The average molecular weight is 97.1 g/mol. The number of hydrogen-bond acceptors (Lipinski definition) is 3. The van der Waals surface area contributed by atoms with E-state index in [1.54, 1.807) is 0 Å². The second-order valence-corrected chi connectivity index (χ2v) is 0.723. The minimum absolute atomic E-state index is 2.01. The van der Waals surface area contributed by atoms with Crippen LogP contribution in [-0.4, -0.2) is 34.6 Å². The third-order valence-corrected chi connectivity index (χ3v) is 0.273. The summed E-state index contributed by atoms with van der Waals surface area (Å²) in [6, 6.07) is 0.